The lowest BCUT2D eigenvalue weighted by Gasteiger charge is -2.12. The second kappa shape index (κ2) is 2.23. The highest BCUT2D eigenvalue weighted by Crippen LogP contribution is 2.47. The predicted molar refractivity (Wildman–Crippen MR) is 52.3 cm³/mol. The Morgan fingerprint density at radius 2 is 2.23 bits per heavy atom. The van der Waals surface area contributed by atoms with Gasteiger partial charge in [0.25, 0.3) is 0 Å². The zero-order valence-electron chi connectivity index (χ0n) is 7.71. The van der Waals surface area contributed by atoms with Crippen molar-refractivity contribution in [1.29, 1.82) is 0 Å². The van der Waals surface area contributed by atoms with Crippen LogP contribution in [-0.2, 0) is 5.54 Å². The predicted octanol–water partition coefficient (Wildman–Crippen LogP) is 2.33. The molecular formula is C9H13N3S. The molecule has 0 bridgehead atoms. The lowest BCUT2D eigenvalue weighted by molar-refractivity contribution is 0.501. The third-order valence-corrected chi connectivity index (χ3v) is 3.43. The Kier molecular flexibility index (Phi) is 1.33. The number of aromatic amines is 1. The zero-order chi connectivity index (χ0) is 9.05. The number of rotatable bonds is 2. The number of nitrogens with one attached hydrogen (secondary N) is 1. The van der Waals surface area contributed by atoms with Crippen LogP contribution in [0.5, 0.6) is 0 Å². The second-order valence-electron chi connectivity index (χ2n) is 4.49. The summed E-state index contributed by atoms with van der Waals surface area (Å²) in [6.45, 7) is 2.27. The van der Waals surface area contributed by atoms with Gasteiger partial charge in [-0.05, 0) is 44.8 Å². The van der Waals surface area contributed by atoms with Crippen LogP contribution in [0.2, 0.25) is 0 Å². The van der Waals surface area contributed by atoms with Crippen LogP contribution in [0.3, 0.4) is 0 Å². The van der Waals surface area contributed by atoms with Crippen LogP contribution in [-0.4, -0.2) is 14.8 Å². The van der Waals surface area contributed by atoms with Crippen LogP contribution in [0.15, 0.2) is 0 Å². The fraction of sp³-hybridized carbons (Fsp3) is 0.778. The minimum atomic E-state index is 0.294. The van der Waals surface area contributed by atoms with Gasteiger partial charge in [0.15, 0.2) is 4.77 Å². The molecule has 2 saturated carbocycles. The van der Waals surface area contributed by atoms with E-state index in [-0.39, 0.29) is 0 Å². The van der Waals surface area contributed by atoms with Crippen LogP contribution in [0, 0.1) is 4.77 Å². The molecule has 1 heterocycles. The Morgan fingerprint density at radius 1 is 1.54 bits per heavy atom. The summed E-state index contributed by atoms with van der Waals surface area (Å²) in [6, 6.07) is 0. The molecule has 0 spiro atoms. The molecule has 2 aliphatic carbocycles. The van der Waals surface area contributed by atoms with Crippen molar-refractivity contribution in [3.63, 3.8) is 0 Å². The minimum Gasteiger partial charge on any atom is -0.298 e. The Bertz CT molecular complexity index is 395. The van der Waals surface area contributed by atoms with Crippen molar-refractivity contribution in [2.75, 3.05) is 0 Å². The van der Waals surface area contributed by atoms with Gasteiger partial charge in [-0.15, -0.1) is 0 Å². The number of hydrogen-bond donors (Lipinski definition) is 1. The van der Waals surface area contributed by atoms with Gasteiger partial charge in [-0.25, -0.2) is 0 Å². The smallest absolute Gasteiger partial charge is 0.195 e. The molecule has 1 aromatic heterocycles. The Hall–Kier alpha value is -0.640. The number of aromatic nitrogens is 3. The summed E-state index contributed by atoms with van der Waals surface area (Å²) in [5.74, 6) is 1.88. The van der Waals surface area contributed by atoms with Crippen molar-refractivity contribution >= 4 is 12.2 Å². The quantitative estimate of drug-likeness (QED) is 0.735. The van der Waals surface area contributed by atoms with Crippen LogP contribution >= 0.6 is 12.2 Å². The molecule has 13 heavy (non-hydrogen) atoms. The van der Waals surface area contributed by atoms with Crippen molar-refractivity contribution in [2.45, 2.75) is 44.1 Å². The highest BCUT2D eigenvalue weighted by molar-refractivity contribution is 7.71. The first-order valence-corrected chi connectivity index (χ1v) is 5.29. The van der Waals surface area contributed by atoms with E-state index in [0.29, 0.717) is 11.5 Å². The van der Waals surface area contributed by atoms with Crippen LogP contribution in [0.4, 0.5) is 0 Å². The standard InChI is InChI=1S/C9H13N3S/c1-9(4-5-9)12-7(6-2-3-6)10-11-8(12)13/h6H,2-5H2,1H3,(H,11,13). The molecule has 0 radical (unpaired) electrons. The van der Waals surface area contributed by atoms with Gasteiger partial charge in [0, 0.05) is 11.5 Å². The zero-order valence-corrected chi connectivity index (χ0v) is 8.52. The van der Waals surface area contributed by atoms with Gasteiger partial charge in [0.2, 0.25) is 0 Å². The van der Waals surface area contributed by atoms with E-state index in [9.17, 15) is 0 Å². The largest absolute Gasteiger partial charge is 0.298 e. The van der Waals surface area contributed by atoms with E-state index in [4.69, 9.17) is 12.2 Å². The summed E-state index contributed by atoms with van der Waals surface area (Å²) in [7, 11) is 0. The molecule has 0 aliphatic heterocycles. The lowest BCUT2D eigenvalue weighted by Crippen LogP contribution is -2.15. The van der Waals surface area contributed by atoms with Gasteiger partial charge in [-0.3, -0.25) is 9.67 Å². The first-order valence-electron chi connectivity index (χ1n) is 4.88. The average molecular weight is 195 g/mol. The van der Waals surface area contributed by atoms with E-state index >= 15 is 0 Å². The summed E-state index contributed by atoms with van der Waals surface area (Å²) in [4.78, 5) is 0. The normalized spacial score (nSPS) is 24.7. The Labute approximate surface area is 82.2 Å². The van der Waals surface area contributed by atoms with Crippen LogP contribution in [0.1, 0.15) is 44.3 Å². The Balaban J connectivity index is 2.14. The molecule has 0 atom stereocenters. The molecular weight excluding hydrogens is 182 g/mol. The van der Waals surface area contributed by atoms with Gasteiger partial charge in [-0.2, -0.15) is 5.10 Å². The molecule has 1 N–H and O–H groups in total. The van der Waals surface area contributed by atoms with E-state index < -0.39 is 0 Å². The topological polar surface area (TPSA) is 33.6 Å². The third kappa shape index (κ3) is 1.08. The van der Waals surface area contributed by atoms with Crippen molar-refractivity contribution in [2.24, 2.45) is 0 Å². The fourth-order valence-electron chi connectivity index (χ4n) is 1.85. The first kappa shape index (κ1) is 7.74. The molecule has 2 aliphatic rings. The second-order valence-corrected chi connectivity index (χ2v) is 4.88. The number of H-pyrrole nitrogens is 1. The molecule has 0 saturated heterocycles. The van der Waals surface area contributed by atoms with Crippen molar-refractivity contribution < 1.29 is 0 Å². The summed E-state index contributed by atoms with van der Waals surface area (Å²) in [6.07, 6.45) is 5.08. The monoisotopic (exact) mass is 195 g/mol. The van der Waals surface area contributed by atoms with Crippen molar-refractivity contribution in [3.8, 4) is 0 Å². The molecule has 0 amide bonds. The third-order valence-electron chi connectivity index (χ3n) is 3.15. The maximum Gasteiger partial charge on any atom is 0.195 e. The van der Waals surface area contributed by atoms with Crippen molar-refractivity contribution in [1.82, 2.24) is 14.8 Å². The molecule has 4 heteroatoms. The maximum absolute atomic E-state index is 5.25. The SMILES string of the molecule is CC1(n2c(C3CC3)n[nH]c2=S)CC1. The van der Waals surface area contributed by atoms with Gasteiger partial charge < -0.3 is 0 Å². The highest BCUT2D eigenvalue weighted by atomic mass is 32.1. The van der Waals surface area contributed by atoms with E-state index in [2.05, 4.69) is 21.7 Å². The fourth-order valence-corrected chi connectivity index (χ4v) is 2.21. The molecule has 2 fully saturated rings. The van der Waals surface area contributed by atoms with Gasteiger partial charge in [-0.1, -0.05) is 0 Å². The van der Waals surface area contributed by atoms with Gasteiger partial charge in [0.1, 0.15) is 5.82 Å². The molecule has 1 aromatic rings. The number of nitrogens with zero attached hydrogens (tertiary/aromatic N) is 2. The van der Waals surface area contributed by atoms with Crippen LogP contribution < -0.4 is 0 Å². The summed E-state index contributed by atoms with van der Waals surface area (Å²) >= 11 is 5.25. The summed E-state index contributed by atoms with van der Waals surface area (Å²) < 4.78 is 3.06. The molecule has 0 unspecified atom stereocenters. The van der Waals surface area contributed by atoms with E-state index in [0.717, 1.165) is 4.77 Å². The summed E-state index contributed by atoms with van der Waals surface area (Å²) in [5.41, 5.74) is 0.294. The number of hydrogen-bond acceptors (Lipinski definition) is 2. The van der Waals surface area contributed by atoms with Gasteiger partial charge in [0.05, 0.1) is 0 Å². The maximum atomic E-state index is 5.25. The summed E-state index contributed by atoms with van der Waals surface area (Å²) in [5, 5.41) is 7.25. The first-order chi connectivity index (χ1) is 6.21. The minimum absolute atomic E-state index is 0.294. The van der Waals surface area contributed by atoms with Crippen LogP contribution in [0.25, 0.3) is 0 Å². The van der Waals surface area contributed by atoms with Gasteiger partial charge >= 0.3 is 0 Å². The lowest BCUT2D eigenvalue weighted by atomic mass is 10.3. The van der Waals surface area contributed by atoms with E-state index in [1.54, 1.807) is 0 Å². The molecule has 3 nitrogen and oxygen atoms in total. The molecule has 0 aromatic carbocycles. The Morgan fingerprint density at radius 3 is 2.77 bits per heavy atom. The molecule has 3 rings (SSSR count). The van der Waals surface area contributed by atoms with Crippen molar-refractivity contribution in [3.05, 3.63) is 10.6 Å². The molecule has 70 valence electrons. The highest BCUT2D eigenvalue weighted by Gasteiger charge is 2.44. The average Bonchev–Trinajstić information content (AvgIpc) is 2.98. The van der Waals surface area contributed by atoms with E-state index in [1.807, 2.05) is 0 Å². The van der Waals surface area contributed by atoms with E-state index in [1.165, 1.54) is 31.5 Å².